The van der Waals surface area contributed by atoms with Crippen molar-refractivity contribution in [3.8, 4) is 0 Å². The topological polar surface area (TPSA) is 34.6 Å². The Bertz CT molecular complexity index is 300. The summed E-state index contributed by atoms with van der Waals surface area (Å²) in [4.78, 5) is 6.62. The van der Waals surface area contributed by atoms with Crippen LogP contribution in [0.5, 0.6) is 0 Å². The monoisotopic (exact) mass is 252 g/mol. The summed E-state index contributed by atoms with van der Waals surface area (Å²) in [5.41, 5.74) is 1.08. The normalized spacial score (nSPS) is 11.4. The Morgan fingerprint density at radius 1 is 1.17 bits per heavy atom. The van der Waals surface area contributed by atoms with E-state index in [0.29, 0.717) is 13.2 Å². The van der Waals surface area contributed by atoms with E-state index in [1.165, 1.54) is 0 Å². The van der Waals surface area contributed by atoms with Gasteiger partial charge >= 0.3 is 0 Å². The first kappa shape index (κ1) is 15.1. The van der Waals surface area contributed by atoms with Crippen LogP contribution in [0.1, 0.15) is 26.5 Å². The van der Waals surface area contributed by atoms with Gasteiger partial charge in [0.05, 0.1) is 5.69 Å². The molecule has 1 heterocycles. The van der Waals surface area contributed by atoms with Gasteiger partial charge in [0.25, 0.3) is 0 Å². The van der Waals surface area contributed by atoms with Crippen molar-refractivity contribution in [3.05, 3.63) is 30.1 Å². The van der Waals surface area contributed by atoms with Gasteiger partial charge in [0.2, 0.25) is 0 Å². The highest BCUT2D eigenvalue weighted by Gasteiger charge is 2.13. The highest BCUT2D eigenvalue weighted by atomic mass is 16.7. The smallest absolute Gasteiger partial charge is 0.170 e. The van der Waals surface area contributed by atoms with Gasteiger partial charge in [-0.2, -0.15) is 0 Å². The molecule has 0 aliphatic carbocycles. The fraction of sp³-hybridized carbons (Fsp3) is 0.643. The number of likely N-dealkylation sites (N-methyl/N-ethyl adjacent to an activating group) is 1. The number of nitrogens with zero attached hydrogens (tertiary/aromatic N) is 2. The molecule has 4 heteroatoms. The number of rotatable bonds is 9. The fourth-order valence-corrected chi connectivity index (χ4v) is 1.76. The lowest BCUT2D eigenvalue weighted by Crippen LogP contribution is -2.35. The molecule has 1 rings (SSSR count). The highest BCUT2D eigenvalue weighted by molar-refractivity contribution is 5.03. The summed E-state index contributed by atoms with van der Waals surface area (Å²) in [6, 6.07) is 5.99. The van der Waals surface area contributed by atoms with Crippen LogP contribution in [0.3, 0.4) is 0 Å². The lowest BCUT2D eigenvalue weighted by molar-refractivity contribution is -0.147. The van der Waals surface area contributed by atoms with E-state index in [4.69, 9.17) is 9.47 Å². The van der Waals surface area contributed by atoms with Gasteiger partial charge in [-0.1, -0.05) is 13.0 Å². The van der Waals surface area contributed by atoms with E-state index in [1.807, 2.05) is 38.2 Å². The lowest BCUT2D eigenvalue weighted by Gasteiger charge is -2.25. The number of ether oxygens (including phenoxy) is 2. The molecule has 0 N–H and O–H groups in total. The number of hydrogen-bond acceptors (Lipinski definition) is 4. The average Bonchev–Trinajstić information content (AvgIpc) is 2.39. The SMILES string of the molecule is CCOC(CN(CC)Cc1ccccn1)OCC. The molecule has 0 amide bonds. The predicted molar refractivity (Wildman–Crippen MR) is 72.2 cm³/mol. The summed E-state index contributed by atoms with van der Waals surface area (Å²) >= 11 is 0. The molecule has 0 saturated heterocycles. The molecule has 0 saturated carbocycles. The third-order valence-corrected chi connectivity index (χ3v) is 2.67. The second-order valence-electron chi connectivity index (χ2n) is 3.99. The van der Waals surface area contributed by atoms with E-state index in [9.17, 15) is 0 Å². The zero-order valence-electron chi connectivity index (χ0n) is 11.6. The van der Waals surface area contributed by atoms with Gasteiger partial charge in [-0.3, -0.25) is 9.88 Å². The van der Waals surface area contributed by atoms with E-state index < -0.39 is 0 Å². The minimum absolute atomic E-state index is 0.149. The summed E-state index contributed by atoms with van der Waals surface area (Å²) in [6.07, 6.45) is 1.68. The van der Waals surface area contributed by atoms with Gasteiger partial charge in [-0.15, -0.1) is 0 Å². The zero-order chi connectivity index (χ0) is 13.2. The molecular formula is C14H24N2O2. The fourth-order valence-electron chi connectivity index (χ4n) is 1.76. The molecule has 0 fully saturated rings. The van der Waals surface area contributed by atoms with Crippen LogP contribution in [0.4, 0.5) is 0 Å². The summed E-state index contributed by atoms with van der Waals surface area (Å²) in [7, 11) is 0. The first-order valence-electron chi connectivity index (χ1n) is 6.65. The van der Waals surface area contributed by atoms with Gasteiger partial charge < -0.3 is 9.47 Å². The molecule has 0 unspecified atom stereocenters. The first-order chi connectivity index (χ1) is 8.80. The molecule has 102 valence electrons. The van der Waals surface area contributed by atoms with Crippen LogP contribution in [0, 0.1) is 0 Å². The van der Waals surface area contributed by atoms with Crippen molar-refractivity contribution in [2.75, 3.05) is 26.3 Å². The molecule has 0 aliphatic heterocycles. The van der Waals surface area contributed by atoms with Gasteiger partial charge in [0, 0.05) is 32.5 Å². The predicted octanol–water partition coefficient (Wildman–Crippen LogP) is 2.30. The molecule has 0 radical (unpaired) electrons. The van der Waals surface area contributed by atoms with E-state index >= 15 is 0 Å². The maximum absolute atomic E-state index is 5.57. The quantitative estimate of drug-likeness (QED) is 0.632. The Labute approximate surface area is 110 Å². The number of pyridine rings is 1. The second-order valence-corrected chi connectivity index (χ2v) is 3.99. The Morgan fingerprint density at radius 3 is 2.39 bits per heavy atom. The summed E-state index contributed by atoms with van der Waals surface area (Å²) in [6.45, 7) is 10.0. The van der Waals surface area contributed by atoms with Crippen molar-refractivity contribution in [2.24, 2.45) is 0 Å². The van der Waals surface area contributed by atoms with Crippen LogP contribution < -0.4 is 0 Å². The number of aromatic nitrogens is 1. The highest BCUT2D eigenvalue weighted by Crippen LogP contribution is 2.05. The third-order valence-electron chi connectivity index (χ3n) is 2.67. The maximum atomic E-state index is 5.57. The van der Waals surface area contributed by atoms with Crippen molar-refractivity contribution < 1.29 is 9.47 Å². The first-order valence-corrected chi connectivity index (χ1v) is 6.65. The lowest BCUT2D eigenvalue weighted by atomic mass is 10.3. The maximum Gasteiger partial charge on any atom is 0.170 e. The Hall–Kier alpha value is -0.970. The molecule has 4 nitrogen and oxygen atoms in total. The molecule has 1 aromatic rings. The minimum atomic E-state index is -0.149. The van der Waals surface area contributed by atoms with E-state index in [-0.39, 0.29) is 6.29 Å². The Morgan fingerprint density at radius 2 is 1.89 bits per heavy atom. The Balaban J connectivity index is 2.49. The molecule has 18 heavy (non-hydrogen) atoms. The van der Waals surface area contributed by atoms with Crippen molar-refractivity contribution in [2.45, 2.75) is 33.6 Å². The molecule has 0 aliphatic rings. The van der Waals surface area contributed by atoms with Crippen LogP contribution in [-0.2, 0) is 16.0 Å². The van der Waals surface area contributed by atoms with Crippen molar-refractivity contribution in [1.82, 2.24) is 9.88 Å². The van der Waals surface area contributed by atoms with Gasteiger partial charge in [0.1, 0.15) is 0 Å². The largest absolute Gasteiger partial charge is 0.352 e. The molecule has 0 atom stereocenters. The standard InChI is InChI=1S/C14H24N2O2/c1-4-16(11-13-9-7-8-10-15-13)12-14(17-5-2)18-6-3/h7-10,14H,4-6,11-12H2,1-3H3. The summed E-state index contributed by atoms with van der Waals surface area (Å²) in [5.74, 6) is 0. The molecule has 0 bridgehead atoms. The van der Waals surface area contributed by atoms with Gasteiger partial charge in [-0.05, 0) is 32.5 Å². The second kappa shape index (κ2) is 9.03. The third kappa shape index (κ3) is 5.58. The molecular weight excluding hydrogens is 228 g/mol. The average molecular weight is 252 g/mol. The van der Waals surface area contributed by atoms with Crippen molar-refractivity contribution >= 4 is 0 Å². The Kier molecular flexibility index (Phi) is 7.57. The minimum Gasteiger partial charge on any atom is -0.352 e. The van der Waals surface area contributed by atoms with Crippen LogP contribution in [0.2, 0.25) is 0 Å². The van der Waals surface area contributed by atoms with Crippen LogP contribution in [0.15, 0.2) is 24.4 Å². The van der Waals surface area contributed by atoms with E-state index in [2.05, 4.69) is 16.8 Å². The van der Waals surface area contributed by atoms with Crippen LogP contribution >= 0.6 is 0 Å². The van der Waals surface area contributed by atoms with E-state index in [1.54, 1.807) is 0 Å². The van der Waals surface area contributed by atoms with Gasteiger partial charge in [-0.25, -0.2) is 0 Å². The van der Waals surface area contributed by atoms with Crippen LogP contribution in [0.25, 0.3) is 0 Å². The zero-order valence-corrected chi connectivity index (χ0v) is 11.6. The summed E-state index contributed by atoms with van der Waals surface area (Å²) < 4.78 is 11.1. The molecule has 1 aromatic heterocycles. The molecule has 0 aromatic carbocycles. The van der Waals surface area contributed by atoms with Crippen molar-refractivity contribution in [3.63, 3.8) is 0 Å². The summed E-state index contributed by atoms with van der Waals surface area (Å²) in [5, 5.41) is 0. The van der Waals surface area contributed by atoms with Crippen LogP contribution in [-0.4, -0.2) is 42.5 Å². The number of hydrogen-bond donors (Lipinski definition) is 0. The molecule has 0 spiro atoms. The van der Waals surface area contributed by atoms with E-state index in [0.717, 1.165) is 25.3 Å². The van der Waals surface area contributed by atoms with Crippen molar-refractivity contribution in [1.29, 1.82) is 0 Å². The van der Waals surface area contributed by atoms with Gasteiger partial charge in [0.15, 0.2) is 6.29 Å².